The lowest BCUT2D eigenvalue weighted by Crippen LogP contribution is -2.10. The van der Waals surface area contributed by atoms with Crippen LogP contribution in [0.25, 0.3) is 11.0 Å². The molecule has 4 heteroatoms. The van der Waals surface area contributed by atoms with Crippen LogP contribution < -0.4 is 10.5 Å². The lowest BCUT2D eigenvalue weighted by atomic mass is 10.2. The van der Waals surface area contributed by atoms with Crippen molar-refractivity contribution in [2.45, 2.75) is 39.8 Å². The highest BCUT2D eigenvalue weighted by molar-refractivity contribution is 5.78. The van der Waals surface area contributed by atoms with Crippen LogP contribution in [0.15, 0.2) is 18.2 Å². The molecule has 2 rings (SSSR count). The average Bonchev–Trinajstić information content (AvgIpc) is 2.73. The zero-order chi connectivity index (χ0) is 13.1. The van der Waals surface area contributed by atoms with Crippen LogP contribution in [0.4, 0.5) is 0 Å². The fourth-order valence-corrected chi connectivity index (χ4v) is 2.16. The van der Waals surface area contributed by atoms with E-state index in [1.165, 1.54) is 0 Å². The summed E-state index contributed by atoms with van der Waals surface area (Å²) in [6.45, 7) is 7.57. The van der Waals surface area contributed by atoms with E-state index in [-0.39, 0.29) is 0 Å². The molecular weight excluding hydrogens is 226 g/mol. The Labute approximate surface area is 108 Å². The Morgan fingerprint density at radius 3 is 2.78 bits per heavy atom. The normalized spacial score (nSPS) is 11.4. The van der Waals surface area contributed by atoms with Gasteiger partial charge in [-0.15, -0.1) is 0 Å². The van der Waals surface area contributed by atoms with Gasteiger partial charge in [0.15, 0.2) is 0 Å². The Bertz CT molecular complexity index is 531. The number of nitrogens with two attached hydrogens (primary N) is 1. The topological polar surface area (TPSA) is 53.1 Å². The van der Waals surface area contributed by atoms with Gasteiger partial charge >= 0.3 is 0 Å². The summed E-state index contributed by atoms with van der Waals surface area (Å²) in [5.41, 5.74) is 7.83. The minimum atomic E-state index is 0.357. The first-order valence-electron chi connectivity index (χ1n) is 6.51. The van der Waals surface area contributed by atoms with Crippen molar-refractivity contribution in [3.8, 4) is 5.75 Å². The Hall–Kier alpha value is -1.55. The smallest absolute Gasteiger partial charge is 0.123 e. The molecule has 0 radical (unpaired) electrons. The second-order valence-electron chi connectivity index (χ2n) is 4.69. The summed E-state index contributed by atoms with van der Waals surface area (Å²) in [6.07, 6.45) is 1.01. The molecule has 2 N–H and O–H groups in total. The maximum Gasteiger partial charge on any atom is 0.123 e. The van der Waals surface area contributed by atoms with Crippen LogP contribution in [0.2, 0.25) is 0 Å². The highest BCUT2D eigenvalue weighted by Crippen LogP contribution is 2.24. The van der Waals surface area contributed by atoms with Crippen molar-refractivity contribution in [1.29, 1.82) is 0 Å². The van der Waals surface area contributed by atoms with Gasteiger partial charge in [0.05, 0.1) is 24.2 Å². The molecule has 1 heterocycles. The van der Waals surface area contributed by atoms with E-state index in [2.05, 4.69) is 36.4 Å². The summed E-state index contributed by atoms with van der Waals surface area (Å²) < 4.78 is 7.81. The van der Waals surface area contributed by atoms with Crippen molar-refractivity contribution < 1.29 is 4.74 Å². The first kappa shape index (κ1) is 12.9. The number of hydrogen-bond donors (Lipinski definition) is 1. The number of rotatable bonds is 5. The van der Waals surface area contributed by atoms with E-state index >= 15 is 0 Å². The highest BCUT2D eigenvalue weighted by atomic mass is 16.5. The molecule has 0 atom stereocenters. The standard InChI is InChI=1S/C14H21N3O/c1-4-7-18-11-5-6-13-12(8-11)16-14(9-15)17(13)10(2)3/h5-6,8,10H,4,7,9,15H2,1-3H3. The predicted molar refractivity (Wildman–Crippen MR) is 73.8 cm³/mol. The number of hydrogen-bond acceptors (Lipinski definition) is 3. The third kappa shape index (κ3) is 2.34. The van der Waals surface area contributed by atoms with E-state index in [4.69, 9.17) is 10.5 Å². The molecule has 18 heavy (non-hydrogen) atoms. The molecule has 0 aliphatic heterocycles. The number of nitrogens with zero attached hydrogens (tertiary/aromatic N) is 2. The van der Waals surface area contributed by atoms with E-state index < -0.39 is 0 Å². The Balaban J connectivity index is 2.45. The monoisotopic (exact) mass is 247 g/mol. The molecule has 0 aliphatic carbocycles. The SMILES string of the molecule is CCCOc1ccc2c(c1)nc(CN)n2C(C)C. The van der Waals surface area contributed by atoms with Crippen LogP contribution in [0.3, 0.4) is 0 Å². The third-order valence-electron chi connectivity index (χ3n) is 2.91. The number of benzene rings is 1. The zero-order valence-corrected chi connectivity index (χ0v) is 11.3. The molecule has 1 aromatic heterocycles. The maximum atomic E-state index is 5.76. The third-order valence-corrected chi connectivity index (χ3v) is 2.91. The number of ether oxygens (including phenoxy) is 1. The molecule has 2 aromatic rings. The van der Waals surface area contributed by atoms with Crippen LogP contribution in [0, 0.1) is 0 Å². The molecule has 0 unspecified atom stereocenters. The van der Waals surface area contributed by atoms with Crippen molar-refractivity contribution in [3.05, 3.63) is 24.0 Å². The summed E-state index contributed by atoms with van der Waals surface area (Å²) in [5.74, 6) is 1.80. The lowest BCUT2D eigenvalue weighted by molar-refractivity contribution is 0.318. The molecule has 0 amide bonds. The fourth-order valence-electron chi connectivity index (χ4n) is 2.16. The summed E-state index contributed by atoms with van der Waals surface area (Å²) in [4.78, 5) is 4.58. The Morgan fingerprint density at radius 2 is 2.17 bits per heavy atom. The van der Waals surface area contributed by atoms with Crippen molar-refractivity contribution in [3.63, 3.8) is 0 Å². The number of fused-ring (bicyclic) bond motifs is 1. The van der Waals surface area contributed by atoms with Gasteiger partial charge in [-0.3, -0.25) is 0 Å². The molecule has 0 spiro atoms. The van der Waals surface area contributed by atoms with E-state index in [1.807, 2.05) is 12.1 Å². The fraction of sp³-hybridized carbons (Fsp3) is 0.500. The minimum Gasteiger partial charge on any atom is -0.494 e. The van der Waals surface area contributed by atoms with Crippen molar-refractivity contribution in [2.75, 3.05) is 6.61 Å². The summed E-state index contributed by atoms with van der Waals surface area (Å²) in [5, 5.41) is 0. The molecule has 0 bridgehead atoms. The minimum absolute atomic E-state index is 0.357. The van der Waals surface area contributed by atoms with Gasteiger partial charge in [0.2, 0.25) is 0 Å². The average molecular weight is 247 g/mol. The van der Waals surface area contributed by atoms with Gasteiger partial charge < -0.3 is 15.0 Å². The first-order valence-corrected chi connectivity index (χ1v) is 6.51. The molecule has 0 saturated carbocycles. The second-order valence-corrected chi connectivity index (χ2v) is 4.69. The van der Waals surface area contributed by atoms with E-state index in [0.717, 1.165) is 35.6 Å². The summed E-state index contributed by atoms with van der Waals surface area (Å²) in [7, 11) is 0. The molecule has 4 nitrogen and oxygen atoms in total. The van der Waals surface area contributed by atoms with Crippen molar-refractivity contribution in [2.24, 2.45) is 5.73 Å². The lowest BCUT2D eigenvalue weighted by Gasteiger charge is -2.12. The van der Waals surface area contributed by atoms with Gasteiger partial charge in [-0.05, 0) is 32.4 Å². The van der Waals surface area contributed by atoms with Gasteiger partial charge in [0, 0.05) is 12.1 Å². The van der Waals surface area contributed by atoms with Crippen LogP contribution in [0.5, 0.6) is 5.75 Å². The Morgan fingerprint density at radius 1 is 1.39 bits per heavy atom. The van der Waals surface area contributed by atoms with E-state index in [1.54, 1.807) is 0 Å². The van der Waals surface area contributed by atoms with Gasteiger partial charge in [-0.1, -0.05) is 6.92 Å². The molecule has 0 aliphatic rings. The molecule has 0 saturated heterocycles. The van der Waals surface area contributed by atoms with Crippen LogP contribution >= 0.6 is 0 Å². The molecule has 0 fully saturated rings. The van der Waals surface area contributed by atoms with Gasteiger partial charge in [0.25, 0.3) is 0 Å². The first-order chi connectivity index (χ1) is 8.67. The van der Waals surface area contributed by atoms with Crippen LogP contribution in [-0.4, -0.2) is 16.2 Å². The zero-order valence-electron chi connectivity index (χ0n) is 11.3. The van der Waals surface area contributed by atoms with Gasteiger partial charge in [-0.2, -0.15) is 0 Å². The predicted octanol–water partition coefficient (Wildman–Crippen LogP) is 2.86. The van der Waals surface area contributed by atoms with Gasteiger partial charge in [0.1, 0.15) is 11.6 Å². The highest BCUT2D eigenvalue weighted by Gasteiger charge is 2.12. The maximum absolute atomic E-state index is 5.76. The number of imidazole rings is 1. The largest absolute Gasteiger partial charge is 0.494 e. The molecule has 98 valence electrons. The summed E-state index contributed by atoms with van der Waals surface area (Å²) >= 11 is 0. The van der Waals surface area contributed by atoms with Crippen LogP contribution in [-0.2, 0) is 6.54 Å². The Kier molecular flexibility index (Phi) is 3.87. The van der Waals surface area contributed by atoms with Crippen molar-refractivity contribution >= 4 is 11.0 Å². The van der Waals surface area contributed by atoms with E-state index in [0.29, 0.717) is 12.6 Å². The molecule has 1 aromatic carbocycles. The molecular formula is C14H21N3O. The second kappa shape index (κ2) is 5.40. The summed E-state index contributed by atoms with van der Waals surface area (Å²) in [6, 6.07) is 6.41. The van der Waals surface area contributed by atoms with Crippen molar-refractivity contribution in [1.82, 2.24) is 9.55 Å². The van der Waals surface area contributed by atoms with Gasteiger partial charge in [-0.25, -0.2) is 4.98 Å². The van der Waals surface area contributed by atoms with E-state index in [9.17, 15) is 0 Å². The number of aromatic nitrogens is 2. The van der Waals surface area contributed by atoms with Crippen LogP contribution in [0.1, 0.15) is 39.1 Å². The quantitative estimate of drug-likeness (QED) is 0.884.